The Morgan fingerprint density at radius 2 is 1.89 bits per heavy atom. The second-order valence-corrected chi connectivity index (χ2v) is 4.57. The summed E-state index contributed by atoms with van der Waals surface area (Å²) in [6.45, 7) is 6.61. The molecule has 7 heteroatoms. The van der Waals surface area contributed by atoms with Gasteiger partial charge in [0.25, 0.3) is 0 Å². The van der Waals surface area contributed by atoms with Gasteiger partial charge in [-0.05, 0) is 19.8 Å². The van der Waals surface area contributed by atoms with E-state index < -0.39 is 5.60 Å². The van der Waals surface area contributed by atoms with Gasteiger partial charge in [0.2, 0.25) is 11.9 Å². The fourth-order valence-corrected chi connectivity index (χ4v) is 1.20. The summed E-state index contributed by atoms with van der Waals surface area (Å²) in [5, 5.41) is 15.8. The first-order valence-electron chi connectivity index (χ1n) is 6.53. The van der Waals surface area contributed by atoms with Crippen LogP contribution in [0.4, 0.5) is 11.9 Å². The summed E-state index contributed by atoms with van der Waals surface area (Å²) >= 11 is 0. The summed E-state index contributed by atoms with van der Waals surface area (Å²) in [7, 11) is 1.73. The molecule has 0 radical (unpaired) electrons. The number of hydrogen-bond donors (Lipinski definition) is 3. The Bertz CT molecular complexity index is 398. The van der Waals surface area contributed by atoms with Crippen LogP contribution in [-0.2, 0) is 0 Å². The Hall–Kier alpha value is -1.63. The van der Waals surface area contributed by atoms with Gasteiger partial charge in [-0.1, -0.05) is 13.8 Å². The third kappa shape index (κ3) is 5.25. The summed E-state index contributed by atoms with van der Waals surface area (Å²) < 4.78 is 5.39. The molecule has 19 heavy (non-hydrogen) atoms. The van der Waals surface area contributed by atoms with Gasteiger partial charge < -0.3 is 20.5 Å². The van der Waals surface area contributed by atoms with Crippen molar-refractivity contribution in [1.82, 2.24) is 15.0 Å². The minimum Gasteiger partial charge on any atom is -0.463 e. The quantitative estimate of drug-likeness (QED) is 0.654. The second kappa shape index (κ2) is 7.08. The molecular formula is C12H23N5O2. The number of aliphatic hydroxyl groups is 1. The standard InChI is InChI=1S/C12H23N5O2/c1-5-7-19-11-16-9(13-4)15-10(17-11)14-8-12(3,18)6-2/h18H,5-8H2,1-4H3,(H2,13,14,15,16,17). The normalized spacial score (nSPS) is 13.7. The average Bonchev–Trinajstić information content (AvgIpc) is 2.42. The van der Waals surface area contributed by atoms with E-state index in [9.17, 15) is 5.11 Å². The van der Waals surface area contributed by atoms with Crippen LogP contribution in [0.25, 0.3) is 0 Å². The zero-order valence-electron chi connectivity index (χ0n) is 12.0. The van der Waals surface area contributed by atoms with Crippen molar-refractivity contribution in [2.75, 3.05) is 30.8 Å². The fraction of sp³-hybridized carbons (Fsp3) is 0.750. The first kappa shape index (κ1) is 15.4. The van der Waals surface area contributed by atoms with E-state index in [1.807, 2.05) is 13.8 Å². The number of rotatable bonds is 8. The molecule has 0 fully saturated rings. The van der Waals surface area contributed by atoms with Crippen molar-refractivity contribution < 1.29 is 9.84 Å². The Kier molecular flexibility index (Phi) is 5.75. The van der Waals surface area contributed by atoms with Crippen LogP contribution < -0.4 is 15.4 Å². The van der Waals surface area contributed by atoms with Crippen LogP contribution in [0.1, 0.15) is 33.6 Å². The summed E-state index contributed by atoms with van der Waals surface area (Å²) in [5.41, 5.74) is -0.795. The number of aromatic nitrogens is 3. The van der Waals surface area contributed by atoms with Gasteiger partial charge in [0.1, 0.15) is 0 Å². The van der Waals surface area contributed by atoms with E-state index in [-0.39, 0.29) is 6.01 Å². The average molecular weight is 269 g/mol. The molecule has 1 atom stereocenters. The van der Waals surface area contributed by atoms with Crippen LogP contribution in [0.5, 0.6) is 6.01 Å². The molecular weight excluding hydrogens is 246 g/mol. The molecule has 3 N–H and O–H groups in total. The Morgan fingerprint density at radius 3 is 2.47 bits per heavy atom. The van der Waals surface area contributed by atoms with Crippen LogP contribution in [0.2, 0.25) is 0 Å². The summed E-state index contributed by atoms with van der Waals surface area (Å²) in [6, 6.07) is 0.278. The number of hydrogen-bond acceptors (Lipinski definition) is 7. The zero-order valence-corrected chi connectivity index (χ0v) is 12.0. The lowest BCUT2D eigenvalue weighted by atomic mass is 10.0. The summed E-state index contributed by atoms with van der Waals surface area (Å²) in [4.78, 5) is 12.4. The van der Waals surface area contributed by atoms with E-state index in [1.165, 1.54) is 0 Å². The molecule has 0 aliphatic heterocycles. The molecule has 0 aliphatic rings. The van der Waals surface area contributed by atoms with E-state index in [2.05, 4.69) is 25.6 Å². The molecule has 7 nitrogen and oxygen atoms in total. The van der Waals surface area contributed by atoms with E-state index in [4.69, 9.17) is 4.74 Å². The topological polar surface area (TPSA) is 92.2 Å². The Labute approximate surface area is 113 Å². The van der Waals surface area contributed by atoms with Gasteiger partial charge in [-0.15, -0.1) is 0 Å². The maximum Gasteiger partial charge on any atom is 0.323 e. The monoisotopic (exact) mass is 269 g/mol. The maximum atomic E-state index is 9.94. The predicted octanol–water partition coefficient (Wildman–Crippen LogP) is 1.27. The Morgan fingerprint density at radius 1 is 1.21 bits per heavy atom. The highest BCUT2D eigenvalue weighted by Crippen LogP contribution is 2.13. The van der Waals surface area contributed by atoms with Crippen LogP contribution in [0, 0.1) is 0 Å². The fourth-order valence-electron chi connectivity index (χ4n) is 1.20. The van der Waals surface area contributed by atoms with E-state index >= 15 is 0 Å². The molecule has 1 heterocycles. The SMILES string of the molecule is CCCOc1nc(NC)nc(NCC(C)(O)CC)n1. The van der Waals surface area contributed by atoms with Crippen molar-refractivity contribution in [3.8, 4) is 6.01 Å². The molecule has 1 rings (SSSR count). The molecule has 0 saturated carbocycles. The minimum atomic E-state index is -0.795. The van der Waals surface area contributed by atoms with Crippen molar-refractivity contribution in [2.45, 2.75) is 39.2 Å². The van der Waals surface area contributed by atoms with E-state index in [1.54, 1.807) is 14.0 Å². The van der Waals surface area contributed by atoms with Gasteiger partial charge in [-0.25, -0.2) is 0 Å². The van der Waals surface area contributed by atoms with Crippen molar-refractivity contribution in [3.05, 3.63) is 0 Å². The first-order valence-corrected chi connectivity index (χ1v) is 6.53. The van der Waals surface area contributed by atoms with Gasteiger partial charge in [0.05, 0.1) is 12.2 Å². The van der Waals surface area contributed by atoms with Crippen molar-refractivity contribution in [1.29, 1.82) is 0 Å². The van der Waals surface area contributed by atoms with Gasteiger partial charge in [-0.3, -0.25) is 0 Å². The zero-order chi connectivity index (χ0) is 14.3. The van der Waals surface area contributed by atoms with E-state index in [0.717, 1.165) is 6.42 Å². The molecule has 0 aromatic carbocycles. The van der Waals surface area contributed by atoms with Crippen LogP contribution in [0.15, 0.2) is 0 Å². The van der Waals surface area contributed by atoms with Gasteiger partial charge in [-0.2, -0.15) is 15.0 Å². The smallest absolute Gasteiger partial charge is 0.323 e. The van der Waals surface area contributed by atoms with E-state index in [0.29, 0.717) is 31.5 Å². The number of nitrogens with zero attached hydrogens (tertiary/aromatic N) is 3. The number of anilines is 2. The number of nitrogens with one attached hydrogen (secondary N) is 2. The molecule has 1 aromatic heterocycles. The maximum absolute atomic E-state index is 9.94. The highest BCUT2D eigenvalue weighted by molar-refractivity contribution is 5.35. The highest BCUT2D eigenvalue weighted by Gasteiger charge is 2.18. The molecule has 1 unspecified atom stereocenters. The van der Waals surface area contributed by atoms with Crippen LogP contribution >= 0.6 is 0 Å². The number of ether oxygens (including phenoxy) is 1. The molecule has 0 spiro atoms. The van der Waals surface area contributed by atoms with Gasteiger partial charge in [0.15, 0.2) is 0 Å². The predicted molar refractivity (Wildman–Crippen MR) is 74.6 cm³/mol. The van der Waals surface area contributed by atoms with Gasteiger partial charge >= 0.3 is 6.01 Å². The molecule has 108 valence electrons. The van der Waals surface area contributed by atoms with Crippen molar-refractivity contribution in [3.63, 3.8) is 0 Å². The molecule has 0 amide bonds. The van der Waals surface area contributed by atoms with Crippen molar-refractivity contribution >= 4 is 11.9 Å². The Balaban J connectivity index is 2.76. The summed E-state index contributed by atoms with van der Waals surface area (Å²) in [6.07, 6.45) is 1.52. The molecule has 0 aliphatic carbocycles. The van der Waals surface area contributed by atoms with Crippen molar-refractivity contribution in [2.24, 2.45) is 0 Å². The lowest BCUT2D eigenvalue weighted by molar-refractivity contribution is 0.0695. The summed E-state index contributed by atoms with van der Waals surface area (Å²) in [5.74, 6) is 0.818. The molecule has 0 saturated heterocycles. The minimum absolute atomic E-state index is 0.278. The third-order valence-corrected chi connectivity index (χ3v) is 2.66. The highest BCUT2D eigenvalue weighted by atomic mass is 16.5. The third-order valence-electron chi connectivity index (χ3n) is 2.66. The second-order valence-electron chi connectivity index (χ2n) is 4.57. The molecule has 0 bridgehead atoms. The van der Waals surface area contributed by atoms with Crippen LogP contribution in [0.3, 0.4) is 0 Å². The largest absolute Gasteiger partial charge is 0.463 e. The van der Waals surface area contributed by atoms with Gasteiger partial charge in [0, 0.05) is 13.6 Å². The first-order chi connectivity index (χ1) is 9.00. The molecule has 1 aromatic rings. The lowest BCUT2D eigenvalue weighted by Gasteiger charge is -2.21. The van der Waals surface area contributed by atoms with Crippen LogP contribution in [-0.4, -0.2) is 45.9 Å². The lowest BCUT2D eigenvalue weighted by Crippen LogP contribution is -2.33.